The summed E-state index contributed by atoms with van der Waals surface area (Å²) in [5.41, 5.74) is -1.13. The molecule has 4 N–H and O–H groups in total. The third-order valence-corrected chi connectivity index (χ3v) is 4.55. The topological polar surface area (TPSA) is 143 Å². The summed E-state index contributed by atoms with van der Waals surface area (Å²) in [6.07, 6.45) is -3.19. The molecule has 1 aliphatic heterocycles. The molecule has 0 saturated carbocycles. The molecule has 0 bridgehead atoms. The standard InChI is InChI=1S/C18H21N3O7/c1-27-14-13(23)12(9-22)28-17(14)21-8-11(16(25)20-18(21)26)15(24)19-7-10-5-3-2-4-6-10/h2-6,8,12-14,17,22-23H,7,9H2,1H3,(H,19,24)(H,20,25,26)/t12-,13+,14?,17-/m1/s1. The molecule has 150 valence electrons. The number of aromatic nitrogens is 2. The van der Waals surface area contributed by atoms with Crippen LogP contribution in [0, 0.1) is 0 Å². The number of ether oxygens (including phenoxy) is 2. The van der Waals surface area contributed by atoms with Gasteiger partial charge in [-0.2, -0.15) is 0 Å². The lowest BCUT2D eigenvalue weighted by Crippen LogP contribution is -2.41. The van der Waals surface area contributed by atoms with E-state index < -0.39 is 48.3 Å². The van der Waals surface area contributed by atoms with Gasteiger partial charge >= 0.3 is 5.69 Å². The second kappa shape index (κ2) is 8.48. The monoisotopic (exact) mass is 391 g/mol. The number of hydrogen-bond acceptors (Lipinski definition) is 7. The van der Waals surface area contributed by atoms with E-state index in [-0.39, 0.29) is 12.1 Å². The van der Waals surface area contributed by atoms with Gasteiger partial charge in [-0.05, 0) is 5.56 Å². The van der Waals surface area contributed by atoms with Gasteiger partial charge in [-0.15, -0.1) is 0 Å². The van der Waals surface area contributed by atoms with Crippen LogP contribution in [0.1, 0.15) is 22.1 Å². The average molecular weight is 391 g/mol. The maximum absolute atomic E-state index is 12.4. The zero-order valence-corrected chi connectivity index (χ0v) is 15.1. The van der Waals surface area contributed by atoms with Crippen molar-refractivity contribution in [1.29, 1.82) is 0 Å². The summed E-state index contributed by atoms with van der Waals surface area (Å²) < 4.78 is 11.6. The maximum Gasteiger partial charge on any atom is 0.330 e. The summed E-state index contributed by atoms with van der Waals surface area (Å²) in [6.45, 7) is -0.287. The van der Waals surface area contributed by atoms with Crippen LogP contribution in [0.4, 0.5) is 0 Å². The number of aliphatic hydroxyl groups excluding tert-OH is 2. The van der Waals surface area contributed by atoms with Crippen molar-refractivity contribution in [3.8, 4) is 0 Å². The maximum atomic E-state index is 12.4. The highest BCUT2D eigenvalue weighted by Gasteiger charge is 2.45. The first kappa shape index (κ1) is 20.0. The summed E-state index contributed by atoms with van der Waals surface area (Å²) >= 11 is 0. The molecule has 0 radical (unpaired) electrons. The van der Waals surface area contributed by atoms with Crippen LogP contribution in [0.5, 0.6) is 0 Å². The summed E-state index contributed by atoms with van der Waals surface area (Å²) in [4.78, 5) is 38.9. The number of nitrogens with one attached hydrogen (secondary N) is 2. The second-order valence-corrected chi connectivity index (χ2v) is 6.32. The van der Waals surface area contributed by atoms with Gasteiger partial charge in [0, 0.05) is 19.9 Å². The van der Waals surface area contributed by atoms with E-state index in [1.807, 2.05) is 30.3 Å². The van der Waals surface area contributed by atoms with Gasteiger partial charge in [0.05, 0.1) is 6.61 Å². The van der Waals surface area contributed by atoms with Gasteiger partial charge in [0.15, 0.2) is 6.23 Å². The third kappa shape index (κ3) is 3.90. The smallest absolute Gasteiger partial charge is 0.330 e. The molecule has 1 saturated heterocycles. The van der Waals surface area contributed by atoms with E-state index in [4.69, 9.17) is 9.47 Å². The lowest BCUT2D eigenvalue weighted by atomic mass is 10.1. The quantitative estimate of drug-likeness (QED) is 0.481. The number of carbonyl (C=O) groups excluding carboxylic acids is 1. The number of aliphatic hydroxyl groups is 2. The normalized spacial score (nSPS) is 24.2. The second-order valence-electron chi connectivity index (χ2n) is 6.32. The number of nitrogens with zero attached hydrogens (tertiary/aromatic N) is 1. The van der Waals surface area contributed by atoms with Crippen LogP contribution in [-0.4, -0.2) is 57.7 Å². The van der Waals surface area contributed by atoms with Gasteiger partial charge in [0.1, 0.15) is 23.9 Å². The van der Waals surface area contributed by atoms with Crippen molar-refractivity contribution in [2.24, 2.45) is 0 Å². The van der Waals surface area contributed by atoms with Gasteiger partial charge in [-0.25, -0.2) is 4.79 Å². The molecule has 1 unspecified atom stereocenters. The van der Waals surface area contributed by atoms with Gasteiger partial charge in [-0.1, -0.05) is 30.3 Å². The number of carbonyl (C=O) groups is 1. The number of rotatable bonds is 6. The molecule has 1 aromatic heterocycles. The zero-order chi connectivity index (χ0) is 20.3. The van der Waals surface area contributed by atoms with Crippen molar-refractivity contribution in [2.75, 3.05) is 13.7 Å². The molecule has 10 heteroatoms. The molecular weight excluding hydrogens is 370 g/mol. The minimum Gasteiger partial charge on any atom is -0.394 e. The first-order valence-corrected chi connectivity index (χ1v) is 8.61. The van der Waals surface area contributed by atoms with Gasteiger partial charge < -0.3 is 25.0 Å². The van der Waals surface area contributed by atoms with Crippen LogP contribution in [0.3, 0.4) is 0 Å². The number of H-pyrrole nitrogens is 1. The van der Waals surface area contributed by atoms with Crippen molar-refractivity contribution in [3.63, 3.8) is 0 Å². The highest BCUT2D eigenvalue weighted by molar-refractivity contribution is 5.93. The van der Waals surface area contributed by atoms with Crippen molar-refractivity contribution in [1.82, 2.24) is 14.9 Å². The van der Waals surface area contributed by atoms with Gasteiger partial charge in [0.2, 0.25) is 0 Å². The van der Waals surface area contributed by atoms with Crippen molar-refractivity contribution in [3.05, 3.63) is 68.5 Å². The molecule has 1 aliphatic rings. The minimum absolute atomic E-state index is 0.199. The Morgan fingerprint density at radius 3 is 2.68 bits per heavy atom. The first-order valence-electron chi connectivity index (χ1n) is 8.61. The van der Waals surface area contributed by atoms with E-state index in [2.05, 4.69) is 10.3 Å². The molecule has 1 fully saturated rings. The molecule has 28 heavy (non-hydrogen) atoms. The van der Waals surface area contributed by atoms with E-state index in [0.717, 1.165) is 16.3 Å². The van der Waals surface area contributed by atoms with Crippen molar-refractivity contribution < 1.29 is 24.5 Å². The number of amides is 1. The number of aromatic amines is 1. The fourth-order valence-electron chi connectivity index (χ4n) is 3.06. The number of hydrogen-bond donors (Lipinski definition) is 4. The van der Waals surface area contributed by atoms with Gasteiger partial charge in [0.25, 0.3) is 11.5 Å². The van der Waals surface area contributed by atoms with Crippen molar-refractivity contribution in [2.45, 2.75) is 31.1 Å². The predicted molar refractivity (Wildman–Crippen MR) is 96.7 cm³/mol. The van der Waals surface area contributed by atoms with E-state index in [1.54, 1.807) is 0 Å². The SMILES string of the molecule is COC1[C@@H](O)[C@@H](CO)O[C@H]1n1cc(C(=O)NCc2ccccc2)c(=O)[nH]c1=O. The first-order chi connectivity index (χ1) is 13.5. The van der Waals surface area contributed by atoms with Crippen LogP contribution in [0.15, 0.2) is 46.1 Å². The van der Waals surface area contributed by atoms with Crippen LogP contribution < -0.4 is 16.6 Å². The average Bonchev–Trinajstić information content (AvgIpc) is 3.02. The van der Waals surface area contributed by atoms with E-state index in [0.29, 0.717) is 0 Å². The molecule has 1 aromatic carbocycles. The van der Waals surface area contributed by atoms with E-state index in [1.165, 1.54) is 7.11 Å². The molecule has 2 heterocycles. The Balaban J connectivity index is 1.87. The molecule has 0 aliphatic carbocycles. The fraction of sp³-hybridized carbons (Fsp3) is 0.389. The lowest BCUT2D eigenvalue weighted by Gasteiger charge is -2.20. The summed E-state index contributed by atoms with van der Waals surface area (Å²) in [7, 11) is 1.31. The molecule has 1 amide bonds. The molecular formula is C18H21N3O7. The minimum atomic E-state index is -1.19. The van der Waals surface area contributed by atoms with Crippen molar-refractivity contribution >= 4 is 5.91 Å². The van der Waals surface area contributed by atoms with E-state index >= 15 is 0 Å². The predicted octanol–water partition coefficient (Wildman–Crippen LogP) is -1.27. The third-order valence-electron chi connectivity index (χ3n) is 4.55. The molecule has 4 atom stereocenters. The lowest BCUT2D eigenvalue weighted by molar-refractivity contribution is -0.0626. The Bertz CT molecular complexity index is 940. The number of methoxy groups -OCH3 is 1. The fourth-order valence-corrected chi connectivity index (χ4v) is 3.06. The van der Waals surface area contributed by atoms with Gasteiger partial charge in [-0.3, -0.25) is 19.1 Å². The highest BCUT2D eigenvalue weighted by atomic mass is 16.6. The van der Waals surface area contributed by atoms with E-state index in [9.17, 15) is 24.6 Å². The summed E-state index contributed by atoms with van der Waals surface area (Å²) in [5.74, 6) is -0.676. The summed E-state index contributed by atoms with van der Waals surface area (Å²) in [5, 5.41) is 22.0. The Morgan fingerprint density at radius 1 is 1.32 bits per heavy atom. The van der Waals surface area contributed by atoms with Crippen LogP contribution in [0.2, 0.25) is 0 Å². The molecule has 3 rings (SSSR count). The largest absolute Gasteiger partial charge is 0.394 e. The number of benzene rings is 1. The van der Waals surface area contributed by atoms with Crippen LogP contribution in [0.25, 0.3) is 0 Å². The summed E-state index contributed by atoms with van der Waals surface area (Å²) in [6, 6.07) is 9.11. The molecule has 10 nitrogen and oxygen atoms in total. The zero-order valence-electron chi connectivity index (χ0n) is 15.1. The Labute approximate surface area is 159 Å². The Morgan fingerprint density at radius 2 is 2.04 bits per heavy atom. The Kier molecular flexibility index (Phi) is 6.05. The van der Waals surface area contributed by atoms with Crippen LogP contribution in [-0.2, 0) is 16.0 Å². The molecule has 2 aromatic rings. The highest BCUT2D eigenvalue weighted by Crippen LogP contribution is 2.30. The molecule has 0 spiro atoms. The Hall–Kier alpha value is -2.79. The van der Waals surface area contributed by atoms with Crippen LogP contribution >= 0.6 is 0 Å².